The first-order valence-corrected chi connectivity index (χ1v) is 30.9. The number of halogens is 1. The van der Waals surface area contributed by atoms with E-state index in [4.69, 9.17) is 4.74 Å². The number of sulfonamides is 1. The Labute approximate surface area is 457 Å². The number of likely N-dealkylation sites (N-methyl/N-ethyl adjacent to an activating group) is 1. The number of amides is 4. The van der Waals surface area contributed by atoms with Crippen LogP contribution in [0.5, 0.6) is 5.75 Å². The van der Waals surface area contributed by atoms with Crippen LogP contribution in [0.1, 0.15) is 140 Å². The third kappa shape index (κ3) is 13.0. The normalized spacial score (nSPS) is 25.3. The molecule has 16 nitrogen and oxygen atoms in total. The van der Waals surface area contributed by atoms with Gasteiger partial charge in [0.1, 0.15) is 16.5 Å². The van der Waals surface area contributed by atoms with Gasteiger partial charge >= 0.3 is 0 Å². The largest absolute Gasteiger partial charge is 0.493 e. The minimum Gasteiger partial charge on any atom is -0.493 e. The molecule has 2 aliphatic heterocycles. The first-order valence-electron chi connectivity index (χ1n) is 28.6. The molecule has 0 bridgehead atoms. The average molecular weight is 1100 g/mol. The summed E-state index contributed by atoms with van der Waals surface area (Å²) in [5, 5.41) is 10.2. The van der Waals surface area contributed by atoms with Crippen molar-refractivity contribution in [1.29, 1.82) is 0 Å². The maximum absolute atomic E-state index is 15.7. The molecule has 4 amide bonds. The molecule has 2 aromatic carbocycles. The standard InChI is InChI=1S/C58H78FN9O7S2/c1-66(49-13-6-5-12-47(49)62-43-18-21-51(46(59)33-43)77(73,74)65-57-64-48-20-19-44(34-50(48)76-57)75-37-38-9-3-4-10-38)30-8-29-61-54(70)39-14-16-42(17-15-39)63-55(71)40-22-24-58(25-23-40)26-31-68(32-27-58)56(72)45-35-52(69)67(2)53(45)41-11-7-28-60-36-41/h7,11,18-21,28,33-34,36,38-40,42,45,47,49,53,62H,3-6,8-10,12-17,22-27,29-32,35,37H2,1-2H3,(H,61,70)(H,63,71)(H,64,65)/t39?,42?,45-,47-,49-,53+/m0/s1. The first-order chi connectivity index (χ1) is 37.2. The van der Waals surface area contributed by atoms with Crippen LogP contribution in [-0.4, -0.2) is 122 Å². The van der Waals surface area contributed by atoms with Crippen LogP contribution in [0.25, 0.3) is 10.2 Å². The van der Waals surface area contributed by atoms with Crippen molar-refractivity contribution in [2.75, 3.05) is 56.9 Å². The second-order valence-corrected chi connectivity index (χ2v) is 26.0. The molecule has 2 aromatic heterocycles. The fourth-order valence-electron chi connectivity index (χ4n) is 13.6. The summed E-state index contributed by atoms with van der Waals surface area (Å²) in [6, 6.07) is 13.5. The Morgan fingerprint density at radius 1 is 0.883 bits per heavy atom. The number of thiazole rings is 1. The first kappa shape index (κ1) is 54.9. The van der Waals surface area contributed by atoms with E-state index in [9.17, 15) is 27.6 Å². The fraction of sp³-hybridized carbons (Fsp3) is 0.621. The number of carbonyl (C=O) groups excluding carboxylic acids is 4. The Balaban J connectivity index is 0.613. The summed E-state index contributed by atoms with van der Waals surface area (Å²) in [5.74, 6) is 0.219. The molecule has 6 fully saturated rings. The van der Waals surface area contributed by atoms with E-state index in [0.29, 0.717) is 43.4 Å². The second-order valence-electron chi connectivity index (χ2n) is 23.3. The van der Waals surface area contributed by atoms with Crippen LogP contribution in [0, 0.1) is 34.9 Å². The highest BCUT2D eigenvalue weighted by Gasteiger charge is 2.47. The number of likely N-dealkylation sites (tertiary alicyclic amines) is 2. The molecule has 19 heteroatoms. The number of nitrogens with zero attached hydrogens (tertiary/aromatic N) is 5. The number of piperidine rings is 1. The predicted octanol–water partition coefficient (Wildman–Crippen LogP) is 9.06. The zero-order chi connectivity index (χ0) is 53.7. The number of nitrogens with one attached hydrogen (secondary N) is 4. The molecule has 4 aliphatic carbocycles. The van der Waals surface area contributed by atoms with E-state index in [2.05, 4.69) is 42.6 Å². The molecule has 77 heavy (non-hydrogen) atoms. The summed E-state index contributed by atoms with van der Waals surface area (Å²) in [6.45, 7) is 3.37. The zero-order valence-corrected chi connectivity index (χ0v) is 46.5. The molecule has 4 saturated carbocycles. The molecule has 0 unspecified atom stereocenters. The van der Waals surface area contributed by atoms with Crippen molar-refractivity contribution in [3.05, 3.63) is 72.3 Å². The maximum atomic E-state index is 15.7. The van der Waals surface area contributed by atoms with Crippen molar-refractivity contribution < 1.29 is 36.7 Å². The number of benzene rings is 2. The van der Waals surface area contributed by atoms with Gasteiger partial charge in [-0.25, -0.2) is 17.8 Å². The summed E-state index contributed by atoms with van der Waals surface area (Å²) in [7, 11) is -0.385. The molecular weight excluding hydrogens is 1020 g/mol. The summed E-state index contributed by atoms with van der Waals surface area (Å²) < 4.78 is 51.8. The minimum absolute atomic E-state index is 0.0127. The highest BCUT2D eigenvalue weighted by atomic mass is 32.2. The monoisotopic (exact) mass is 1100 g/mol. The second kappa shape index (κ2) is 24.3. The molecule has 6 aliphatic rings. The molecule has 4 heterocycles. The number of carbonyl (C=O) groups is 4. The quantitative estimate of drug-likeness (QED) is 0.0695. The van der Waals surface area contributed by atoms with Gasteiger partial charge in [-0.3, -0.25) is 28.9 Å². The molecule has 0 radical (unpaired) electrons. The number of hydrogen-bond acceptors (Lipinski definition) is 12. The molecule has 10 rings (SSSR count). The Kier molecular flexibility index (Phi) is 17.3. The van der Waals surface area contributed by atoms with Crippen LogP contribution in [-0.2, 0) is 29.2 Å². The number of pyridine rings is 1. The van der Waals surface area contributed by atoms with Crippen LogP contribution in [0.4, 0.5) is 15.2 Å². The van der Waals surface area contributed by atoms with Crippen molar-refractivity contribution in [3.63, 3.8) is 0 Å². The fourth-order valence-corrected chi connectivity index (χ4v) is 15.8. The van der Waals surface area contributed by atoms with Gasteiger partial charge in [0.05, 0.1) is 28.8 Å². The van der Waals surface area contributed by atoms with Crippen LogP contribution < -0.4 is 25.4 Å². The van der Waals surface area contributed by atoms with Gasteiger partial charge in [0, 0.05) is 81.1 Å². The van der Waals surface area contributed by atoms with E-state index in [1.165, 1.54) is 49.2 Å². The van der Waals surface area contributed by atoms with Crippen LogP contribution in [0.3, 0.4) is 0 Å². The molecule has 4 atom stereocenters. The van der Waals surface area contributed by atoms with E-state index in [-0.39, 0.29) is 76.6 Å². The lowest BCUT2D eigenvalue weighted by atomic mass is 9.65. The Bertz CT molecular complexity index is 2820. The summed E-state index contributed by atoms with van der Waals surface area (Å²) >= 11 is 1.19. The Morgan fingerprint density at radius 2 is 1.62 bits per heavy atom. The smallest absolute Gasteiger partial charge is 0.266 e. The SMILES string of the molecule is CN(CCCNC(=O)C1CCC(NC(=O)C2CCC3(CC2)CCN(C(=O)[C@H]2CC(=O)N(C)[C@@H]2c2cccnc2)CC3)CC1)[C@H]1CCCC[C@@H]1Nc1ccc(S(=O)(=O)Nc2nc3ccc(OCC4CCCC4)cc3s2)c(F)c1. The Hall–Kier alpha value is -5.40. The van der Waals surface area contributed by atoms with E-state index >= 15 is 4.39 Å². The molecule has 4 N–H and O–H groups in total. The summed E-state index contributed by atoms with van der Waals surface area (Å²) in [5.41, 5.74) is 2.20. The van der Waals surface area contributed by atoms with Crippen LogP contribution in [0.2, 0.25) is 0 Å². The van der Waals surface area contributed by atoms with Gasteiger partial charge in [-0.2, -0.15) is 0 Å². The third-order valence-corrected chi connectivity index (χ3v) is 20.8. The lowest BCUT2D eigenvalue weighted by molar-refractivity contribution is -0.139. The van der Waals surface area contributed by atoms with Gasteiger partial charge in [-0.05, 0) is 169 Å². The average Bonchev–Trinajstić information content (AvgIpc) is 4.21. The number of anilines is 2. The van der Waals surface area contributed by atoms with Gasteiger partial charge in [0.25, 0.3) is 10.0 Å². The molecule has 2 saturated heterocycles. The van der Waals surface area contributed by atoms with Gasteiger partial charge in [0.15, 0.2) is 5.13 Å². The van der Waals surface area contributed by atoms with Gasteiger partial charge in [0.2, 0.25) is 23.6 Å². The number of aromatic nitrogens is 2. The lowest BCUT2D eigenvalue weighted by Gasteiger charge is -2.46. The molecule has 416 valence electrons. The van der Waals surface area contributed by atoms with Gasteiger partial charge < -0.3 is 35.4 Å². The van der Waals surface area contributed by atoms with E-state index < -0.39 is 26.7 Å². The highest BCUT2D eigenvalue weighted by Crippen LogP contribution is 2.48. The van der Waals surface area contributed by atoms with Crippen LogP contribution >= 0.6 is 11.3 Å². The predicted molar refractivity (Wildman–Crippen MR) is 296 cm³/mol. The van der Waals surface area contributed by atoms with Gasteiger partial charge in [-0.1, -0.05) is 43.1 Å². The highest BCUT2D eigenvalue weighted by molar-refractivity contribution is 7.93. The van der Waals surface area contributed by atoms with Crippen molar-refractivity contribution in [2.45, 2.75) is 157 Å². The maximum Gasteiger partial charge on any atom is 0.266 e. The number of fused-ring (bicyclic) bond motifs is 1. The van der Waals surface area contributed by atoms with Crippen LogP contribution in [0.15, 0.2) is 65.8 Å². The van der Waals surface area contributed by atoms with Gasteiger partial charge in [-0.15, -0.1) is 0 Å². The molecular formula is C58H78FN9O7S2. The third-order valence-electron chi connectivity index (χ3n) is 18.3. The summed E-state index contributed by atoms with van der Waals surface area (Å²) in [6.07, 6.45) is 21.8. The topological polar surface area (TPSA) is 195 Å². The van der Waals surface area contributed by atoms with E-state index in [1.54, 1.807) is 30.4 Å². The summed E-state index contributed by atoms with van der Waals surface area (Å²) in [4.78, 5) is 67.7. The number of ether oxygens (including phenoxy) is 1. The van der Waals surface area contributed by atoms with Crippen molar-refractivity contribution in [3.8, 4) is 5.75 Å². The minimum atomic E-state index is -4.25. The van der Waals surface area contributed by atoms with Crippen molar-refractivity contribution >= 4 is 66.0 Å². The molecule has 1 spiro atoms. The van der Waals surface area contributed by atoms with Crippen molar-refractivity contribution in [2.24, 2.45) is 29.1 Å². The molecule has 4 aromatic rings. The lowest BCUT2D eigenvalue weighted by Crippen LogP contribution is -2.48. The Morgan fingerprint density at radius 3 is 2.36 bits per heavy atom. The number of rotatable bonds is 18. The van der Waals surface area contributed by atoms with E-state index in [1.807, 2.05) is 35.2 Å². The van der Waals surface area contributed by atoms with Crippen molar-refractivity contribution in [1.82, 2.24) is 35.3 Å². The number of hydrogen-bond donors (Lipinski definition) is 4. The van der Waals surface area contributed by atoms with E-state index in [0.717, 1.165) is 119 Å². The zero-order valence-electron chi connectivity index (χ0n) is 44.9.